The molecule has 1 nitrogen and oxygen atoms in total. The maximum Gasteiger partial charge on any atom is 0.0346 e. The first kappa shape index (κ1) is 12.6. The molecule has 0 radical (unpaired) electrons. The zero-order chi connectivity index (χ0) is 12.3. The molecule has 1 saturated carbocycles. The highest BCUT2D eigenvalue weighted by molar-refractivity contribution is 5.19. The molecule has 0 spiro atoms. The van der Waals surface area contributed by atoms with Gasteiger partial charge in [0.05, 0.1) is 0 Å². The molecule has 1 aromatic carbocycles. The highest BCUT2D eigenvalue weighted by Crippen LogP contribution is 2.42. The molecule has 1 aliphatic carbocycles. The quantitative estimate of drug-likeness (QED) is 0.823. The fraction of sp³-hybridized carbons (Fsp3) is 0.625. The molecule has 1 heteroatoms. The molecule has 1 aliphatic rings. The molecule has 0 aromatic heterocycles. The molecular weight excluding hydrogens is 206 g/mol. The van der Waals surface area contributed by atoms with Crippen LogP contribution < -0.4 is 5.32 Å². The van der Waals surface area contributed by atoms with E-state index in [1.165, 1.54) is 31.2 Å². The lowest BCUT2D eigenvalue weighted by Gasteiger charge is -2.38. The van der Waals surface area contributed by atoms with Gasteiger partial charge in [0.15, 0.2) is 0 Å². The van der Waals surface area contributed by atoms with Crippen molar-refractivity contribution in [1.82, 2.24) is 5.32 Å². The van der Waals surface area contributed by atoms with E-state index in [0.29, 0.717) is 11.5 Å². The SMILES string of the molecule is CNC(c1ccccc1)C1CCC(C)(C)CC1. The van der Waals surface area contributed by atoms with Gasteiger partial charge in [-0.3, -0.25) is 0 Å². The summed E-state index contributed by atoms with van der Waals surface area (Å²) >= 11 is 0. The van der Waals surface area contributed by atoms with Gasteiger partial charge >= 0.3 is 0 Å². The van der Waals surface area contributed by atoms with Gasteiger partial charge in [0, 0.05) is 6.04 Å². The Labute approximate surface area is 106 Å². The van der Waals surface area contributed by atoms with Crippen LogP contribution in [0.5, 0.6) is 0 Å². The first-order valence-electron chi connectivity index (χ1n) is 6.84. The summed E-state index contributed by atoms with van der Waals surface area (Å²) in [5.41, 5.74) is 2.01. The summed E-state index contributed by atoms with van der Waals surface area (Å²) < 4.78 is 0. The Morgan fingerprint density at radius 3 is 2.24 bits per heavy atom. The normalized spacial score (nSPS) is 22.3. The maximum atomic E-state index is 3.52. The maximum absolute atomic E-state index is 3.52. The molecule has 17 heavy (non-hydrogen) atoms. The van der Waals surface area contributed by atoms with Crippen molar-refractivity contribution in [3.63, 3.8) is 0 Å². The van der Waals surface area contributed by atoms with E-state index < -0.39 is 0 Å². The lowest BCUT2D eigenvalue weighted by atomic mass is 9.70. The number of rotatable bonds is 3. The molecule has 1 fully saturated rings. The minimum atomic E-state index is 0.535. The van der Waals surface area contributed by atoms with Crippen molar-refractivity contribution in [3.8, 4) is 0 Å². The van der Waals surface area contributed by atoms with E-state index in [2.05, 4.69) is 56.5 Å². The fourth-order valence-electron chi connectivity index (χ4n) is 3.09. The molecule has 94 valence electrons. The van der Waals surface area contributed by atoms with Crippen LogP contribution in [-0.4, -0.2) is 7.05 Å². The lowest BCUT2D eigenvalue weighted by molar-refractivity contribution is 0.164. The van der Waals surface area contributed by atoms with E-state index in [1.54, 1.807) is 0 Å². The van der Waals surface area contributed by atoms with Gasteiger partial charge < -0.3 is 5.32 Å². The monoisotopic (exact) mass is 231 g/mol. The minimum Gasteiger partial charge on any atom is -0.313 e. The highest BCUT2D eigenvalue weighted by Gasteiger charge is 2.31. The number of hydrogen-bond acceptors (Lipinski definition) is 1. The molecular formula is C16H25N. The molecule has 1 N–H and O–H groups in total. The molecule has 0 bridgehead atoms. The zero-order valence-electron chi connectivity index (χ0n) is 11.4. The van der Waals surface area contributed by atoms with Crippen molar-refractivity contribution in [1.29, 1.82) is 0 Å². The van der Waals surface area contributed by atoms with Crippen LogP contribution in [0.1, 0.15) is 51.1 Å². The number of hydrogen-bond donors (Lipinski definition) is 1. The van der Waals surface area contributed by atoms with Crippen LogP contribution in [0.25, 0.3) is 0 Å². The van der Waals surface area contributed by atoms with Gasteiger partial charge in [-0.15, -0.1) is 0 Å². The van der Waals surface area contributed by atoms with Crippen molar-refractivity contribution < 1.29 is 0 Å². The molecule has 1 unspecified atom stereocenters. The second-order valence-electron chi connectivity index (χ2n) is 6.18. The largest absolute Gasteiger partial charge is 0.313 e. The molecule has 1 aromatic rings. The van der Waals surface area contributed by atoms with Crippen LogP contribution in [-0.2, 0) is 0 Å². The molecule has 0 saturated heterocycles. The van der Waals surface area contributed by atoms with E-state index in [1.807, 2.05) is 0 Å². The van der Waals surface area contributed by atoms with E-state index in [0.717, 1.165) is 5.92 Å². The second kappa shape index (κ2) is 5.22. The average molecular weight is 231 g/mol. The van der Waals surface area contributed by atoms with Gasteiger partial charge in [-0.05, 0) is 49.6 Å². The average Bonchev–Trinajstić information content (AvgIpc) is 2.33. The zero-order valence-corrected chi connectivity index (χ0v) is 11.4. The Hall–Kier alpha value is -0.820. The summed E-state index contributed by atoms with van der Waals surface area (Å²) in [6.07, 6.45) is 5.44. The van der Waals surface area contributed by atoms with Crippen LogP contribution in [0.15, 0.2) is 30.3 Å². The second-order valence-corrected chi connectivity index (χ2v) is 6.18. The summed E-state index contributed by atoms with van der Waals surface area (Å²) in [7, 11) is 2.09. The van der Waals surface area contributed by atoms with Crippen LogP contribution in [0.4, 0.5) is 0 Å². The smallest absolute Gasteiger partial charge is 0.0346 e. The molecule has 0 heterocycles. The van der Waals surface area contributed by atoms with Crippen LogP contribution in [0.3, 0.4) is 0 Å². The van der Waals surface area contributed by atoms with Crippen molar-refractivity contribution in [2.24, 2.45) is 11.3 Å². The van der Waals surface area contributed by atoms with Gasteiger partial charge in [0.1, 0.15) is 0 Å². The number of nitrogens with one attached hydrogen (secondary N) is 1. The van der Waals surface area contributed by atoms with Gasteiger partial charge in [0.25, 0.3) is 0 Å². The van der Waals surface area contributed by atoms with Crippen molar-refractivity contribution in [2.75, 3.05) is 7.05 Å². The predicted molar refractivity (Wildman–Crippen MR) is 74.0 cm³/mol. The van der Waals surface area contributed by atoms with E-state index in [4.69, 9.17) is 0 Å². The Balaban J connectivity index is 2.05. The van der Waals surface area contributed by atoms with Gasteiger partial charge in [-0.25, -0.2) is 0 Å². The van der Waals surface area contributed by atoms with Crippen molar-refractivity contribution in [3.05, 3.63) is 35.9 Å². The Bertz CT molecular complexity index is 332. The summed E-state index contributed by atoms with van der Waals surface area (Å²) in [6.45, 7) is 4.81. The van der Waals surface area contributed by atoms with Crippen LogP contribution in [0, 0.1) is 11.3 Å². The lowest BCUT2D eigenvalue weighted by Crippen LogP contribution is -2.31. The first-order valence-corrected chi connectivity index (χ1v) is 6.84. The molecule has 0 aliphatic heterocycles. The molecule has 2 rings (SSSR count). The van der Waals surface area contributed by atoms with E-state index in [9.17, 15) is 0 Å². The van der Waals surface area contributed by atoms with Gasteiger partial charge in [0.2, 0.25) is 0 Å². The van der Waals surface area contributed by atoms with E-state index in [-0.39, 0.29) is 0 Å². The first-order chi connectivity index (χ1) is 8.12. The fourth-order valence-corrected chi connectivity index (χ4v) is 3.09. The predicted octanol–water partition coefficient (Wildman–Crippen LogP) is 4.16. The van der Waals surface area contributed by atoms with E-state index >= 15 is 0 Å². The standard InChI is InChI=1S/C16H25N/c1-16(2)11-9-14(10-12-16)15(17-3)13-7-5-4-6-8-13/h4-8,14-15,17H,9-12H2,1-3H3. The van der Waals surface area contributed by atoms with Crippen LogP contribution in [0.2, 0.25) is 0 Å². The summed E-state index contributed by atoms with van der Waals surface area (Å²) in [6, 6.07) is 11.4. The molecule has 1 atom stereocenters. The summed E-state index contributed by atoms with van der Waals surface area (Å²) in [5, 5.41) is 3.52. The Morgan fingerprint density at radius 1 is 1.12 bits per heavy atom. The van der Waals surface area contributed by atoms with Gasteiger partial charge in [-0.1, -0.05) is 44.2 Å². The van der Waals surface area contributed by atoms with Crippen LogP contribution >= 0.6 is 0 Å². The third-order valence-electron chi connectivity index (χ3n) is 4.32. The molecule has 0 amide bonds. The summed E-state index contributed by atoms with van der Waals surface area (Å²) in [4.78, 5) is 0. The van der Waals surface area contributed by atoms with Crippen molar-refractivity contribution >= 4 is 0 Å². The minimum absolute atomic E-state index is 0.535. The third kappa shape index (κ3) is 3.10. The third-order valence-corrected chi connectivity index (χ3v) is 4.32. The topological polar surface area (TPSA) is 12.0 Å². The number of benzene rings is 1. The Morgan fingerprint density at radius 2 is 1.71 bits per heavy atom. The summed E-state index contributed by atoms with van der Waals surface area (Å²) in [5.74, 6) is 0.801. The highest BCUT2D eigenvalue weighted by atomic mass is 14.9. The van der Waals surface area contributed by atoms with Gasteiger partial charge in [-0.2, -0.15) is 0 Å². The Kier molecular flexibility index (Phi) is 3.88. The van der Waals surface area contributed by atoms with Crippen molar-refractivity contribution in [2.45, 2.75) is 45.6 Å².